The summed E-state index contributed by atoms with van der Waals surface area (Å²) in [7, 11) is 1.17. The van der Waals surface area contributed by atoms with Crippen molar-refractivity contribution in [2.45, 2.75) is 25.0 Å². The second kappa shape index (κ2) is 5.07. The van der Waals surface area contributed by atoms with Crippen LogP contribution in [0.4, 0.5) is 13.2 Å². The second-order valence-corrected chi connectivity index (χ2v) is 3.67. The van der Waals surface area contributed by atoms with Crippen LogP contribution in [0.15, 0.2) is 4.79 Å². The molecule has 0 bridgehead atoms. The predicted molar refractivity (Wildman–Crippen MR) is 58.4 cm³/mol. The van der Waals surface area contributed by atoms with Crippen LogP contribution in [0.25, 0.3) is 0 Å². The van der Waals surface area contributed by atoms with Crippen LogP contribution in [0.2, 0.25) is 0 Å². The first-order valence-corrected chi connectivity index (χ1v) is 5.79. The van der Waals surface area contributed by atoms with E-state index in [1.807, 2.05) is 0 Å². The van der Waals surface area contributed by atoms with Crippen LogP contribution in [0.5, 0.6) is 6.01 Å². The Kier molecular flexibility index (Phi) is 4.18. The molecule has 1 rings (SSSR count). The fourth-order valence-corrected chi connectivity index (χ4v) is 1.87. The van der Waals surface area contributed by atoms with Gasteiger partial charge in [-0.25, -0.2) is 0 Å². The lowest BCUT2D eigenvalue weighted by atomic mass is 10.2. The summed E-state index contributed by atoms with van der Waals surface area (Å²) in [6.45, 7) is 1.81. The van der Waals surface area contributed by atoms with E-state index in [2.05, 4.69) is 25.7 Å². The first-order chi connectivity index (χ1) is 7.86. The van der Waals surface area contributed by atoms with E-state index in [-0.39, 0.29) is 17.9 Å². The van der Waals surface area contributed by atoms with Crippen molar-refractivity contribution in [2.75, 3.05) is 7.11 Å². The quantitative estimate of drug-likeness (QED) is 0.803. The first kappa shape index (κ1) is 14.0. The molecule has 96 valence electrons. The Morgan fingerprint density at radius 1 is 1.47 bits per heavy atom. The van der Waals surface area contributed by atoms with Crippen LogP contribution in [0.1, 0.15) is 18.2 Å². The zero-order chi connectivity index (χ0) is 13.2. The Balaban J connectivity index is 3.63. The molecule has 0 radical (unpaired) electrons. The number of rotatable bonds is 3. The minimum atomic E-state index is -4.68. The monoisotopic (exact) mass is 314 g/mol. The summed E-state index contributed by atoms with van der Waals surface area (Å²) in [4.78, 5) is 15.1. The molecule has 0 aliphatic rings. The van der Waals surface area contributed by atoms with Crippen LogP contribution in [-0.2, 0) is 18.1 Å². The smallest absolute Gasteiger partial charge is 0.434 e. The third kappa shape index (κ3) is 2.62. The van der Waals surface area contributed by atoms with Crippen LogP contribution >= 0.6 is 15.9 Å². The normalized spacial score (nSPS) is 11.6. The van der Waals surface area contributed by atoms with E-state index in [4.69, 9.17) is 0 Å². The molecule has 0 aromatic carbocycles. The topological polar surface area (TPSA) is 44.1 Å². The van der Waals surface area contributed by atoms with Gasteiger partial charge in [0.1, 0.15) is 0 Å². The highest BCUT2D eigenvalue weighted by molar-refractivity contribution is 9.08. The zero-order valence-corrected chi connectivity index (χ0v) is 10.7. The van der Waals surface area contributed by atoms with Gasteiger partial charge in [0.05, 0.1) is 12.7 Å². The summed E-state index contributed by atoms with van der Waals surface area (Å²) in [5.41, 5.74) is -2.37. The Morgan fingerprint density at radius 3 is 2.41 bits per heavy atom. The number of hydrogen-bond donors (Lipinski definition) is 0. The van der Waals surface area contributed by atoms with E-state index in [0.29, 0.717) is 0 Å². The largest absolute Gasteiger partial charge is 0.468 e. The lowest BCUT2D eigenvalue weighted by Gasteiger charge is -2.15. The maximum absolute atomic E-state index is 12.7. The van der Waals surface area contributed by atoms with Gasteiger partial charge in [-0.2, -0.15) is 18.2 Å². The molecule has 0 saturated heterocycles. The van der Waals surface area contributed by atoms with E-state index in [0.717, 1.165) is 4.57 Å². The number of hydrogen-bond acceptors (Lipinski definition) is 3. The molecule has 0 spiro atoms. The van der Waals surface area contributed by atoms with Crippen molar-refractivity contribution in [2.24, 2.45) is 0 Å². The minimum Gasteiger partial charge on any atom is -0.468 e. The Hall–Kier alpha value is -1.05. The number of nitrogens with zero attached hydrogens (tertiary/aromatic N) is 2. The van der Waals surface area contributed by atoms with Crippen LogP contribution in [-0.4, -0.2) is 16.7 Å². The molecule has 0 unspecified atom stereocenters. The van der Waals surface area contributed by atoms with Crippen molar-refractivity contribution in [1.29, 1.82) is 0 Å². The van der Waals surface area contributed by atoms with Gasteiger partial charge in [-0.15, -0.1) is 0 Å². The second-order valence-electron chi connectivity index (χ2n) is 3.11. The third-order valence-electron chi connectivity index (χ3n) is 2.13. The Labute approximate surface area is 104 Å². The van der Waals surface area contributed by atoms with Crippen molar-refractivity contribution < 1.29 is 17.9 Å². The highest BCUT2D eigenvalue weighted by Crippen LogP contribution is 2.31. The van der Waals surface area contributed by atoms with E-state index >= 15 is 0 Å². The number of alkyl halides is 4. The lowest BCUT2D eigenvalue weighted by Crippen LogP contribution is -2.29. The minimum absolute atomic E-state index is 0.188. The van der Waals surface area contributed by atoms with E-state index in [1.54, 1.807) is 6.92 Å². The fraction of sp³-hybridized carbons (Fsp3) is 0.556. The molecule has 1 aromatic rings. The van der Waals surface area contributed by atoms with Crippen molar-refractivity contribution in [3.05, 3.63) is 21.6 Å². The summed E-state index contributed by atoms with van der Waals surface area (Å²) < 4.78 is 43.8. The van der Waals surface area contributed by atoms with Crippen molar-refractivity contribution in [1.82, 2.24) is 9.55 Å². The Bertz CT molecular complexity index is 471. The van der Waals surface area contributed by atoms with E-state index in [1.165, 1.54) is 7.11 Å². The van der Waals surface area contributed by atoms with Gasteiger partial charge in [0.2, 0.25) is 0 Å². The molecule has 4 nitrogen and oxygen atoms in total. The number of ether oxygens (including phenoxy) is 1. The lowest BCUT2D eigenvalue weighted by molar-refractivity contribution is -0.142. The molecule has 0 amide bonds. The number of methoxy groups -OCH3 is 1. The summed E-state index contributed by atoms with van der Waals surface area (Å²) >= 11 is 2.87. The predicted octanol–water partition coefficient (Wildman–Crippen LogP) is 2.19. The fourth-order valence-electron chi connectivity index (χ4n) is 1.36. The summed E-state index contributed by atoms with van der Waals surface area (Å²) in [5.74, 6) is 0. The van der Waals surface area contributed by atoms with Crippen molar-refractivity contribution >= 4 is 15.9 Å². The molecule has 0 aliphatic carbocycles. The maximum atomic E-state index is 12.7. The molecule has 0 fully saturated rings. The summed E-state index contributed by atoms with van der Waals surface area (Å²) in [6, 6.07) is -0.338. The van der Waals surface area contributed by atoms with Crippen LogP contribution in [0, 0.1) is 0 Å². The highest BCUT2D eigenvalue weighted by Gasteiger charge is 2.37. The molecule has 17 heavy (non-hydrogen) atoms. The van der Waals surface area contributed by atoms with Crippen LogP contribution < -0.4 is 10.3 Å². The van der Waals surface area contributed by atoms with Gasteiger partial charge in [0.15, 0.2) is 5.69 Å². The molecule has 1 aromatic heterocycles. The number of aromatic nitrogens is 2. The van der Waals surface area contributed by atoms with Gasteiger partial charge in [-0.1, -0.05) is 15.9 Å². The van der Waals surface area contributed by atoms with Gasteiger partial charge in [0.25, 0.3) is 11.6 Å². The molecule has 8 heteroatoms. The van der Waals surface area contributed by atoms with Gasteiger partial charge in [0, 0.05) is 11.9 Å². The molecule has 0 saturated carbocycles. The summed E-state index contributed by atoms with van der Waals surface area (Å²) in [6.07, 6.45) is -4.68. The molecular weight excluding hydrogens is 305 g/mol. The molecule has 1 heterocycles. The van der Waals surface area contributed by atoms with Gasteiger partial charge in [-0.3, -0.25) is 9.36 Å². The van der Waals surface area contributed by atoms with Gasteiger partial charge < -0.3 is 4.74 Å². The van der Waals surface area contributed by atoms with Crippen LogP contribution in [0.3, 0.4) is 0 Å². The molecular formula is C9H10BrF3N2O2. The first-order valence-electron chi connectivity index (χ1n) is 4.67. The van der Waals surface area contributed by atoms with Gasteiger partial charge >= 0.3 is 6.18 Å². The van der Waals surface area contributed by atoms with Crippen molar-refractivity contribution in [3.8, 4) is 6.01 Å². The SMILES string of the molecule is CCn1c(OC)nc(C(F)(F)F)c(CBr)c1=O. The zero-order valence-electron chi connectivity index (χ0n) is 9.14. The number of halogens is 4. The standard InChI is InChI=1S/C9H10BrF3N2O2/c1-3-15-7(16)5(4-10)6(9(11,12)13)14-8(15)17-2/h3-4H2,1-2H3. The average Bonchev–Trinajstić information content (AvgIpc) is 2.26. The van der Waals surface area contributed by atoms with Crippen molar-refractivity contribution in [3.63, 3.8) is 0 Å². The van der Waals surface area contributed by atoms with Gasteiger partial charge in [-0.05, 0) is 6.92 Å². The van der Waals surface area contributed by atoms with E-state index < -0.39 is 23.0 Å². The molecule has 0 aliphatic heterocycles. The molecule has 0 atom stereocenters. The maximum Gasteiger partial charge on any atom is 0.434 e. The summed E-state index contributed by atoms with van der Waals surface area (Å²) in [5, 5.41) is -0.211. The third-order valence-corrected chi connectivity index (χ3v) is 2.69. The van der Waals surface area contributed by atoms with E-state index in [9.17, 15) is 18.0 Å². The average molecular weight is 315 g/mol. The highest BCUT2D eigenvalue weighted by atomic mass is 79.9. The Morgan fingerprint density at radius 2 is 2.06 bits per heavy atom. The molecule has 0 N–H and O–H groups in total.